The van der Waals surface area contributed by atoms with E-state index in [1.54, 1.807) is 6.20 Å². The molecule has 0 amide bonds. The molecule has 2 aromatic rings. The number of pyridine rings is 1. The lowest BCUT2D eigenvalue weighted by molar-refractivity contribution is -0.138. The molecule has 0 N–H and O–H groups in total. The van der Waals surface area contributed by atoms with Gasteiger partial charge in [0.25, 0.3) is 0 Å². The standard InChI is InChI=1S/C15H15F3N2O/c1-14(2)7-9(6-10-8-20-21-13(10)14)12-11(15(16,17)18)4-3-5-19-12/h3-5,8-9H,6-7H2,1-2H3. The van der Waals surface area contributed by atoms with Gasteiger partial charge in [0.2, 0.25) is 0 Å². The molecule has 21 heavy (non-hydrogen) atoms. The van der Waals surface area contributed by atoms with Gasteiger partial charge in [0.05, 0.1) is 17.5 Å². The van der Waals surface area contributed by atoms with Crippen molar-refractivity contribution in [2.75, 3.05) is 0 Å². The van der Waals surface area contributed by atoms with Gasteiger partial charge in [0.1, 0.15) is 5.76 Å². The Morgan fingerprint density at radius 1 is 1.33 bits per heavy atom. The Labute approximate surface area is 120 Å². The summed E-state index contributed by atoms with van der Waals surface area (Å²) in [6.45, 7) is 3.92. The maximum absolute atomic E-state index is 13.2. The van der Waals surface area contributed by atoms with Crippen molar-refractivity contribution in [3.05, 3.63) is 47.1 Å². The molecule has 1 unspecified atom stereocenters. The summed E-state index contributed by atoms with van der Waals surface area (Å²) in [5.41, 5.74) is -0.0135. The predicted molar refractivity (Wildman–Crippen MR) is 69.8 cm³/mol. The third-order valence-corrected chi connectivity index (χ3v) is 4.01. The minimum atomic E-state index is -4.39. The van der Waals surface area contributed by atoms with Crippen molar-refractivity contribution in [1.29, 1.82) is 0 Å². The molecule has 112 valence electrons. The Balaban J connectivity index is 2.04. The summed E-state index contributed by atoms with van der Waals surface area (Å²) in [5, 5.41) is 3.78. The zero-order chi connectivity index (χ0) is 15.3. The largest absolute Gasteiger partial charge is 0.418 e. The average molecular weight is 296 g/mol. The number of halogens is 3. The van der Waals surface area contributed by atoms with Gasteiger partial charge in [-0.2, -0.15) is 13.2 Å². The first-order valence-corrected chi connectivity index (χ1v) is 6.75. The zero-order valence-corrected chi connectivity index (χ0v) is 11.7. The highest BCUT2D eigenvalue weighted by Crippen LogP contribution is 2.45. The second-order valence-corrected chi connectivity index (χ2v) is 6.10. The van der Waals surface area contributed by atoms with Crippen LogP contribution in [0.1, 0.15) is 48.8 Å². The Morgan fingerprint density at radius 2 is 2.10 bits per heavy atom. The van der Waals surface area contributed by atoms with Crippen LogP contribution in [0.15, 0.2) is 29.0 Å². The van der Waals surface area contributed by atoms with Gasteiger partial charge in [0.15, 0.2) is 0 Å². The predicted octanol–water partition coefficient (Wildman–Crippen LogP) is 4.10. The van der Waals surface area contributed by atoms with Crippen LogP contribution in [0, 0.1) is 0 Å². The number of nitrogens with zero attached hydrogens (tertiary/aromatic N) is 2. The summed E-state index contributed by atoms with van der Waals surface area (Å²) in [6.07, 6.45) is -0.347. The molecule has 3 nitrogen and oxygen atoms in total. The molecule has 2 heterocycles. The highest BCUT2D eigenvalue weighted by molar-refractivity contribution is 5.34. The second-order valence-electron chi connectivity index (χ2n) is 6.10. The Hall–Kier alpha value is -1.85. The maximum atomic E-state index is 13.2. The molecule has 0 bridgehead atoms. The van der Waals surface area contributed by atoms with E-state index in [1.807, 2.05) is 13.8 Å². The molecule has 1 atom stereocenters. The van der Waals surface area contributed by atoms with Gasteiger partial charge in [-0.1, -0.05) is 19.0 Å². The highest BCUT2D eigenvalue weighted by atomic mass is 19.4. The number of rotatable bonds is 1. The van der Waals surface area contributed by atoms with Gasteiger partial charge >= 0.3 is 6.18 Å². The van der Waals surface area contributed by atoms with E-state index in [0.29, 0.717) is 12.8 Å². The van der Waals surface area contributed by atoms with Crippen molar-refractivity contribution in [3.8, 4) is 0 Å². The van der Waals surface area contributed by atoms with Crippen molar-refractivity contribution in [2.45, 2.75) is 44.2 Å². The second kappa shape index (κ2) is 4.58. The molecule has 0 radical (unpaired) electrons. The lowest BCUT2D eigenvalue weighted by atomic mass is 9.70. The van der Waals surface area contributed by atoms with Gasteiger partial charge in [-0.15, -0.1) is 0 Å². The van der Waals surface area contributed by atoms with Crippen LogP contribution in [0.3, 0.4) is 0 Å². The summed E-state index contributed by atoms with van der Waals surface area (Å²) in [7, 11) is 0. The molecule has 0 aliphatic heterocycles. The van der Waals surface area contributed by atoms with E-state index in [9.17, 15) is 13.2 Å². The third-order valence-electron chi connectivity index (χ3n) is 4.01. The molecule has 0 saturated heterocycles. The molecular weight excluding hydrogens is 281 g/mol. The molecule has 3 rings (SSSR count). The van der Waals surface area contributed by atoms with E-state index in [1.165, 1.54) is 12.3 Å². The number of hydrogen-bond acceptors (Lipinski definition) is 3. The van der Waals surface area contributed by atoms with Crippen molar-refractivity contribution >= 4 is 0 Å². The Bertz CT molecular complexity index is 661. The first kappa shape index (κ1) is 14.1. The van der Waals surface area contributed by atoms with Crippen LogP contribution in [0.5, 0.6) is 0 Å². The average Bonchev–Trinajstić information content (AvgIpc) is 2.86. The molecule has 0 fully saturated rings. The van der Waals surface area contributed by atoms with Crippen molar-refractivity contribution in [3.63, 3.8) is 0 Å². The van der Waals surface area contributed by atoms with E-state index in [-0.39, 0.29) is 17.0 Å². The van der Waals surface area contributed by atoms with E-state index in [0.717, 1.165) is 17.4 Å². The van der Waals surface area contributed by atoms with E-state index < -0.39 is 11.7 Å². The van der Waals surface area contributed by atoms with Crippen LogP contribution in [0.25, 0.3) is 0 Å². The SMILES string of the molecule is CC1(C)CC(c2ncccc2C(F)(F)F)Cc2cnoc21. The summed E-state index contributed by atoms with van der Waals surface area (Å²) in [4.78, 5) is 4.02. The number of aromatic nitrogens is 2. The fourth-order valence-electron chi connectivity index (χ4n) is 3.19. The third kappa shape index (κ3) is 2.43. The molecule has 1 aliphatic carbocycles. The molecule has 1 aliphatic rings. The molecule has 2 aromatic heterocycles. The Morgan fingerprint density at radius 3 is 2.81 bits per heavy atom. The fraction of sp³-hybridized carbons (Fsp3) is 0.467. The van der Waals surface area contributed by atoms with Crippen molar-refractivity contribution < 1.29 is 17.7 Å². The van der Waals surface area contributed by atoms with Crippen LogP contribution >= 0.6 is 0 Å². The minimum Gasteiger partial charge on any atom is -0.361 e. The van der Waals surface area contributed by atoms with E-state index in [2.05, 4.69) is 10.1 Å². The van der Waals surface area contributed by atoms with E-state index >= 15 is 0 Å². The van der Waals surface area contributed by atoms with Crippen LogP contribution in [0.4, 0.5) is 13.2 Å². The molecule has 6 heteroatoms. The smallest absolute Gasteiger partial charge is 0.361 e. The van der Waals surface area contributed by atoms with Crippen LogP contribution < -0.4 is 0 Å². The monoisotopic (exact) mass is 296 g/mol. The van der Waals surface area contributed by atoms with Gasteiger partial charge in [-0.3, -0.25) is 4.98 Å². The van der Waals surface area contributed by atoms with Gasteiger partial charge < -0.3 is 4.52 Å². The molecule has 0 spiro atoms. The molecule has 0 aromatic carbocycles. The lowest BCUT2D eigenvalue weighted by Gasteiger charge is -2.33. The van der Waals surface area contributed by atoms with Crippen molar-refractivity contribution in [2.24, 2.45) is 0 Å². The highest BCUT2D eigenvalue weighted by Gasteiger charge is 2.42. The maximum Gasteiger partial charge on any atom is 0.418 e. The minimum absolute atomic E-state index is 0.116. The lowest BCUT2D eigenvalue weighted by Crippen LogP contribution is -2.29. The van der Waals surface area contributed by atoms with Crippen molar-refractivity contribution in [1.82, 2.24) is 10.1 Å². The molecule has 0 saturated carbocycles. The number of hydrogen-bond donors (Lipinski definition) is 0. The topological polar surface area (TPSA) is 38.9 Å². The summed E-state index contributed by atoms with van der Waals surface area (Å²) in [5.74, 6) is 0.480. The normalized spacial score (nSPS) is 21.1. The Kier molecular flexibility index (Phi) is 3.07. The first-order valence-electron chi connectivity index (χ1n) is 6.75. The van der Waals surface area contributed by atoms with Gasteiger partial charge in [-0.25, -0.2) is 0 Å². The summed E-state index contributed by atoms with van der Waals surface area (Å²) >= 11 is 0. The first-order chi connectivity index (χ1) is 9.79. The summed E-state index contributed by atoms with van der Waals surface area (Å²) in [6, 6.07) is 2.42. The molecular formula is C15H15F3N2O. The fourth-order valence-corrected chi connectivity index (χ4v) is 3.19. The number of fused-ring (bicyclic) bond motifs is 1. The van der Waals surface area contributed by atoms with Gasteiger partial charge in [0, 0.05) is 23.1 Å². The van der Waals surface area contributed by atoms with Crippen LogP contribution in [-0.2, 0) is 18.0 Å². The number of alkyl halides is 3. The van der Waals surface area contributed by atoms with Gasteiger partial charge in [-0.05, 0) is 25.0 Å². The van der Waals surface area contributed by atoms with Crippen LogP contribution in [-0.4, -0.2) is 10.1 Å². The summed E-state index contributed by atoms with van der Waals surface area (Å²) < 4.78 is 44.7. The zero-order valence-electron chi connectivity index (χ0n) is 11.7. The van der Waals surface area contributed by atoms with E-state index in [4.69, 9.17) is 4.52 Å². The van der Waals surface area contributed by atoms with Crippen LogP contribution in [0.2, 0.25) is 0 Å². The quantitative estimate of drug-likeness (QED) is 0.795.